The van der Waals surface area contributed by atoms with E-state index in [0.717, 1.165) is 42.9 Å². The summed E-state index contributed by atoms with van der Waals surface area (Å²) in [6.07, 6.45) is 13.6. The Morgan fingerprint density at radius 3 is 2.40 bits per heavy atom. The summed E-state index contributed by atoms with van der Waals surface area (Å²) >= 11 is 0. The molecule has 3 aliphatic carbocycles. The van der Waals surface area contributed by atoms with E-state index in [0.29, 0.717) is 29.1 Å². The van der Waals surface area contributed by atoms with Gasteiger partial charge in [-0.1, -0.05) is 33.8 Å². The van der Waals surface area contributed by atoms with E-state index >= 15 is 0 Å². The lowest BCUT2D eigenvalue weighted by molar-refractivity contribution is -0.100. The first kappa shape index (κ1) is 24.3. The summed E-state index contributed by atoms with van der Waals surface area (Å²) in [5.74, 6) is 4.75. The van der Waals surface area contributed by atoms with Crippen LogP contribution in [0.25, 0.3) is 0 Å². The van der Waals surface area contributed by atoms with Gasteiger partial charge in [0.1, 0.15) is 0 Å². The van der Waals surface area contributed by atoms with Crippen LogP contribution in [0.5, 0.6) is 0 Å². The van der Waals surface area contributed by atoms with Gasteiger partial charge in [0.05, 0.1) is 11.7 Å². The fourth-order valence-electron chi connectivity index (χ4n) is 8.64. The Morgan fingerprint density at radius 1 is 1.07 bits per heavy atom. The van der Waals surface area contributed by atoms with Crippen molar-refractivity contribution < 1.29 is 10.2 Å². The average molecular weight is 419 g/mol. The van der Waals surface area contributed by atoms with Crippen LogP contribution in [-0.2, 0) is 0 Å². The number of hydrogen-bond donors (Lipinski definition) is 2. The fourth-order valence-corrected chi connectivity index (χ4v) is 8.64. The minimum Gasteiger partial charge on any atom is -0.393 e. The Balaban J connectivity index is 1.69. The van der Waals surface area contributed by atoms with Crippen molar-refractivity contribution in [2.45, 2.75) is 117 Å². The highest BCUT2D eigenvalue weighted by Crippen LogP contribution is 2.67. The van der Waals surface area contributed by atoms with Gasteiger partial charge in [-0.15, -0.1) is 6.58 Å². The SMILES string of the molecule is C=CC[C@](C)(O)CC[C@@H](C)[C@H]1CC[C@H]2[C@@H]3CC[C@@H](CC(C)O)C(C)(C)[C@H]3CC[C@]12C. The predicted octanol–water partition coefficient (Wildman–Crippen LogP) is 7.00. The number of rotatable bonds is 8. The summed E-state index contributed by atoms with van der Waals surface area (Å²) in [4.78, 5) is 0. The molecule has 0 bridgehead atoms. The van der Waals surface area contributed by atoms with Crippen LogP contribution in [0.15, 0.2) is 12.7 Å². The maximum atomic E-state index is 10.6. The van der Waals surface area contributed by atoms with Crippen molar-refractivity contribution in [2.75, 3.05) is 0 Å². The van der Waals surface area contributed by atoms with E-state index in [-0.39, 0.29) is 6.10 Å². The zero-order valence-electron chi connectivity index (χ0n) is 20.8. The summed E-state index contributed by atoms with van der Waals surface area (Å²) < 4.78 is 0. The first-order valence-corrected chi connectivity index (χ1v) is 12.9. The molecule has 2 heteroatoms. The van der Waals surface area contributed by atoms with Gasteiger partial charge in [-0.3, -0.25) is 0 Å². The van der Waals surface area contributed by atoms with E-state index in [9.17, 15) is 10.2 Å². The van der Waals surface area contributed by atoms with E-state index < -0.39 is 5.60 Å². The first-order valence-electron chi connectivity index (χ1n) is 12.9. The van der Waals surface area contributed by atoms with E-state index in [1.165, 1.54) is 38.5 Å². The molecule has 0 heterocycles. The summed E-state index contributed by atoms with van der Waals surface area (Å²) in [6, 6.07) is 0. The molecule has 3 aliphatic rings. The van der Waals surface area contributed by atoms with Crippen LogP contribution in [0.2, 0.25) is 0 Å². The monoisotopic (exact) mass is 418 g/mol. The van der Waals surface area contributed by atoms with Crippen LogP contribution in [0.3, 0.4) is 0 Å². The minimum absolute atomic E-state index is 0.172. The lowest BCUT2D eigenvalue weighted by atomic mass is 9.46. The summed E-state index contributed by atoms with van der Waals surface area (Å²) in [5.41, 5.74) is 0.241. The topological polar surface area (TPSA) is 40.5 Å². The van der Waals surface area contributed by atoms with Crippen molar-refractivity contribution in [3.63, 3.8) is 0 Å². The van der Waals surface area contributed by atoms with Crippen LogP contribution < -0.4 is 0 Å². The van der Waals surface area contributed by atoms with Gasteiger partial charge in [0, 0.05) is 0 Å². The molecule has 0 radical (unpaired) electrons. The molecule has 3 fully saturated rings. The lowest BCUT2D eigenvalue weighted by Crippen LogP contribution is -2.51. The second-order valence-corrected chi connectivity index (χ2v) is 12.8. The van der Waals surface area contributed by atoms with Gasteiger partial charge < -0.3 is 10.2 Å². The highest BCUT2D eigenvalue weighted by Gasteiger charge is 2.58. The van der Waals surface area contributed by atoms with Gasteiger partial charge in [-0.05, 0) is 124 Å². The maximum absolute atomic E-state index is 10.6. The molecule has 0 aromatic carbocycles. The Labute approximate surface area is 186 Å². The van der Waals surface area contributed by atoms with E-state index in [2.05, 4.69) is 34.3 Å². The minimum atomic E-state index is -0.598. The Morgan fingerprint density at radius 2 is 1.77 bits per heavy atom. The maximum Gasteiger partial charge on any atom is 0.0654 e. The van der Waals surface area contributed by atoms with Crippen molar-refractivity contribution in [1.82, 2.24) is 0 Å². The Hall–Kier alpha value is -0.340. The van der Waals surface area contributed by atoms with Crippen molar-refractivity contribution in [1.29, 1.82) is 0 Å². The molecular formula is C28H50O2. The van der Waals surface area contributed by atoms with E-state index in [1.54, 1.807) is 0 Å². The third-order valence-electron chi connectivity index (χ3n) is 10.4. The van der Waals surface area contributed by atoms with Crippen molar-refractivity contribution >= 4 is 0 Å². The van der Waals surface area contributed by atoms with Crippen LogP contribution in [-0.4, -0.2) is 21.9 Å². The molecule has 9 atom stereocenters. The molecule has 2 N–H and O–H groups in total. The molecular weight excluding hydrogens is 368 g/mol. The molecule has 1 unspecified atom stereocenters. The van der Waals surface area contributed by atoms with Gasteiger partial charge in [0.2, 0.25) is 0 Å². The molecule has 3 rings (SSSR count). The molecule has 0 aliphatic heterocycles. The van der Waals surface area contributed by atoms with E-state index in [1.807, 2.05) is 19.9 Å². The van der Waals surface area contributed by atoms with Gasteiger partial charge in [-0.25, -0.2) is 0 Å². The Bertz CT molecular complexity index is 591. The number of aliphatic hydroxyl groups excluding tert-OH is 1. The molecule has 174 valence electrons. The predicted molar refractivity (Wildman–Crippen MR) is 127 cm³/mol. The normalized spacial score (nSPS) is 41.9. The smallest absolute Gasteiger partial charge is 0.0654 e. The quantitative estimate of drug-likeness (QED) is 0.417. The van der Waals surface area contributed by atoms with Gasteiger partial charge in [0.25, 0.3) is 0 Å². The zero-order valence-corrected chi connectivity index (χ0v) is 20.8. The number of aliphatic hydroxyl groups is 2. The lowest BCUT2D eigenvalue weighted by Gasteiger charge is -2.59. The number of hydrogen-bond acceptors (Lipinski definition) is 2. The molecule has 30 heavy (non-hydrogen) atoms. The van der Waals surface area contributed by atoms with E-state index in [4.69, 9.17) is 0 Å². The van der Waals surface area contributed by atoms with Gasteiger partial charge in [0.15, 0.2) is 0 Å². The fraction of sp³-hybridized carbons (Fsp3) is 0.929. The van der Waals surface area contributed by atoms with Crippen molar-refractivity contribution in [3.05, 3.63) is 12.7 Å². The van der Waals surface area contributed by atoms with Crippen LogP contribution in [0, 0.1) is 46.3 Å². The second-order valence-electron chi connectivity index (χ2n) is 12.8. The molecule has 0 aromatic rings. The van der Waals surface area contributed by atoms with Crippen molar-refractivity contribution in [2.24, 2.45) is 46.3 Å². The molecule has 2 nitrogen and oxygen atoms in total. The average Bonchev–Trinajstić information content (AvgIpc) is 2.99. The van der Waals surface area contributed by atoms with Gasteiger partial charge >= 0.3 is 0 Å². The highest BCUT2D eigenvalue weighted by atomic mass is 16.3. The van der Waals surface area contributed by atoms with Crippen LogP contribution in [0.1, 0.15) is 106 Å². The molecule has 0 saturated heterocycles. The third-order valence-corrected chi connectivity index (χ3v) is 10.4. The summed E-state index contributed by atoms with van der Waals surface area (Å²) in [5, 5.41) is 20.7. The second kappa shape index (κ2) is 8.89. The summed E-state index contributed by atoms with van der Waals surface area (Å²) in [6.45, 7) is 17.9. The van der Waals surface area contributed by atoms with Gasteiger partial charge in [-0.2, -0.15) is 0 Å². The zero-order chi connectivity index (χ0) is 22.3. The molecule has 0 amide bonds. The highest BCUT2D eigenvalue weighted by molar-refractivity contribution is 5.08. The van der Waals surface area contributed by atoms with Crippen LogP contribution in [0.4, 0.5) is 0 Å². The van der Waals surface area contributed by atoms with Crippen LogP contribution >= 0.6 is 0 Å². The summed E-state index contributed by atoms with van der Waals surface area (Å²) in [7, 11) is 0. The number of fused-ring (bicyclic) bond motifs is 3. The standard InChI is InChI=1S/C28H50O2/c1-8-15-27(6,30)16-13-19(2)23-11-12-25-22-10-9-21(18-20(3)29)26(4,5)24(22)14-17-28(23,25)7/h8,19-25,29-30H,1,9-18H2,2-7H3/t19-,20?,21+,22-,23-,24+,25+,27+,28-/m1/s1. The molecule has 0 aromatic heterocycles. The first-order chi connectivity index (χ1) is 13.9. The third kappa shape index (κ3) is 4.56. The molecule has 3 saturated carbocycles. The molecule has 0 spiro atoms. The largest absolute Gasteiger partial charge is 0.393 e. The Kier molecular flexibility index (Phi) is 7.20. The van der Waals surface area contributed by atoms with Crippen molar-refractivity contribution in [3.8, 4) is 0 Å².